The summed E-state index contributed by atoms with van der Waals surface area (Å²) in [5.74, 6) is 2.56. The molecule has 0 atom stereocenters. The molecule has 5 heterocycles. The Bertz CT molecular complexity index is 3800. The number of furan rings is 2. The molecule has 0 fully saturated rings. The molecule has 9 aromatic carbocycles. The summed E-state index contributed by atoms with van der Waals surface area (Å²) in [6.45, 7) is 0. The third kappa shape index (κ3) is 5.48. The van der Waals surface area contributed by atoms with E-state index in [9.17, 15) is 0 Å². The Morgan fingerprint density at radius 3 is 2.02 bits per heavy atom. The first-order valence-corrected chi connectivity index (χ1v) is 23.5. The summed E-state index contributed by atoms with van der Waals surface area (Å²) in [4.78, 5) is 6.14. The highest BCUT2D eigenvalue weighted by Crippen LogP contribution is 2.61. The van der Waals surface area contributed by atoms with Gasteiger partial charge in [-0.25, -0.2) is 0 Å². The normalized spacial score (nSPS) is 13.0. The van der Waals surface area contributed by atoms with E-state index in [0.717, 1.165) is 99.6 Å². The van der Waals surface area contributed by atoms with Gasteiger partial charge in [-0.2, -0.15) is 0 Å². The largest absolute Gasteiger partial charge is 0.456 e. The molecule has 2 aliphatic rings. The molecule has 63 heavy (non-hydrogen) atoms. The molecular weight excluding hydrogens is 829 g/mol. The van der Waals surface area contributed by atoms with Crippen LogP contribution in [0.15, 0.2) is 210 Å². The van der Waals surface area contributed by atoms with E-state index in [1.165, 1.54) is 40.4 Å². The first kappa shape index (κ1) is 35.6. The second kappa shape index (κ2) is 13.8. The lowest BCUT2D eigenvalue weighted by Crippen LogP contribution is -2.09. The lowest BCUT2D eigenvalue weighted by atomic mass is 9.79. The number of para-hydroxylation sites is 3. The minimum Gasteiger partial charge on any atom is -0.456 e. The predicted molar refractivity (Wildman–Crippen MR) is 262 cm³/mol. The van der Waals surface area contributed by atoms with Gasteiger partial charge >= 0.3 is 0 Å². The smallest absolute Gasteiger partial charge is 0.141 e. The molecule has 0 N–H and O–H groups in total. The van der Waals surface area contributed by atoms with Crippen LogP contribution in [-0.4, -0.2) is 0 Å². The summed E-state index contributed by atoms with van der Waals surface area (Å²) >= 11 is 5.54. The van der Waals surface area contributed by atoms with Crippen molar-refractivity contribution in [2.45, 2.75) is 26.0 Å². The molecule has 6 heteroatoms. The third-order valence-electron chi connectivity index (χ3n) is 12.6. The van der Waals surface area contributed by atoms with Gasteiger partial charge in [0, 0.05) is 79.6 Å². The first-order valence-electron chi connectivity index (χ1n) is 21.1. The zero-order valence-corrected chi connectivity index (χ0v) is 35.9. The maximum Gasteiger partial charge on any atom is 0.141 e. The second-order valence-corrected chi connectivity index (χ2v) is 19.5. The van der Waals surface area contributed by atoms with Crippen LogP contribution in [0.4, 0.5) is 0 Å². The molecule has 0 amide bonds. The lowest BCUT2D eigenvalue weighted by Gasteiger charge is -2.31. The van der Waals surface area contributed by atoms with Gasteiger partial charge in [0.15, 0.2) is 0 Å². The number of hydrogen-bond acceptors (Lipinski definition) is 6. The summed E-state index contributed by atoms with van der Waals surface area (Å²) in [6, 6.07) is 65.3. The average Bonchev–Trinajstić information content (AvgIpc) is 4.06. The van der Waals surface area contributed by atoms with Crippen LogP contribution in [0, 0.1) is 0 Å². The van der Waals surface area contributed by atoms with Crippen molar-refractivity contribution < 1.29 is 13.6 Å². The van der Waals surface area contributed by atoms with Crippen LogP contribution in [-0.2, 0) is 6.42 Å². The number of thiophene rings is 1. The van der Waals surface area contributed by atoms with Gasteiger partial charge in [-0.15, -0.1) is 11.3 Å². The highest BCUT2D eigenvalue weighted by Gasteiger charge is 2.36. The Hall–Kier alpha value is -6.96. The quantitative estimate of drug-likeness (QED) is 0.176. The molecule has 2 aliphatic heterocycles. The van der Waals surface area contributed by atoms with Crippen LogP contribution >= 0.6 is 34.9 Å². The number of benzene rings is 9. The number of hydrogen-bond donors (Lipinski definition) is 0. The van der Waals surface area contributed by atoms with Crippen molar-refractivity contribution in [3.63, 3.8) is 0 Å². The average molecular weight is 861 g/mol. The van der Waals surface area contributed by atoms with Crippen LogP contribution in [0.1, 0.15) is 11.1 Å². The van der Waals surface area contributed by atoms with Crippen molar-refractivity contribution in [2.24, 2.45) is 0 Å². The summed E-state index contributed by atoms with van der Waals surface area (Å²) in [5.41, 5.74) is 11.4. The minimum atomic E-state index is 0.667. The molecule has 12 aromatic rings. The van der Waals surface area contributed by atoms with Gasteiger partial charge in [0.05, 0.1) is 0 Å². The van der Waals surface area contributed by atoms with E-state index in [0.29, 0.717) is 6.42 Å². The van der Waals surface area contributed by atoms with Crippen LogP contribution in [0.3, 0.4) is 0 Å². The molecule has 0 aliphatic carbocycles. The van der Waals surface area contributed by atoms with Crippen molar-refractivity contribution in [3.05, 3.63) is 193 Å². The Balaban J connectivity index is 1.21. The van der Waals surface area contributed by atoms with Crippen molar-refractivity contribution in [1.82, 2.24) is 0 Å². The number of fused-ring (bicyclic) bond motifs is 10. The molecule has 0 saturated carbocycles. The SMILES string of the molecule is c1ccc2c(c1)Cc1c(c(-c3cc4cc5ccccc5cc4s3)c(-c3cccc4c3Sc3ccccc3S4)c(-c3cccc4oc5ccccc5c34)c1-c1cc3ccccc3o1)O2. The summed E-state index contributed by atoms with van der Waals surface area (Å²) < 4.78 is 22.4. The van der Waals surface area contributed by atoms with Crippen LogP contribution in [0.25, 0.3) is 97.8 Å². The lowest BCUT2D eigenvalue weighted by molar-refractivity contribution is 0.462. The van der Waals surface area contributed by atoms with Gasteiger partial charge in [-0.1, -0.05) is 139 Å². The van der Waals surface area contributed by atoms with Gasteiger partial charge < -0.3 is 13.6 Å². The zero-order chi connectivity index (χ0) is 41.2. The maximum atomic E-state index is 7.40. The summed E-state index contributed by atoms with van der Waals surface area (Å²) in [7, 11) is 0. The highest BCUT2D eigenvalue weighted by molar-refractivity contribution is 8.05. The monoisotopic (exact) mass is 860 g/mol. The van der Waals surface area contributed by atoms with Gasteiger partial charge in [0.1, 0.15) is 34.0 Å². The molecule has 0 spiro atoms. The fraction of sp³-hybridized carbons (Fsp3) is 0.0175. The second-order valence-electron chi connectivity index (χ2n) is 16.3. The van der Waals surface area contributed by atoms with Crippen molar-refractivity contribution >= 4 is 88.6 Å². The van der Waals surface area contributed by atoms with Crippen molar-refractivity contribution in [2.75, 3.05) is 0 Å². The van der Waals surface area contributed by atoms with E-state index >= 15 is 0 Å². The fourth-order valence-electron chi connectivity index (χ4n) is 9.84. The molecule has 3 nitrogen and oxygen atoms in total. The first-order chi connectivity index (χ1) is 31.2. The van der Waals surface area contributed by atoms with Crippen molar-refractivity contribution in [1.29, 1.82) is 0 Å². The molecule has 296 valence electrons. The van der Waals surface area contributed by atoms with Crippen LogP contribution < -0.4 is 4.74 Å². The van der Waals surface area contributed by atoms with E-state index in [-0.39, 0.29) is 0 Å². The van der Waals surface area contributed by atoms with E-state index in [2.05, 4.69) is 176 Å². The van der Waals surface area contributed by atoms with Gasteiger partial charge in [-0.3, -0.25) is 0 Å². The minimum absolute atomic E-state index is 0.667. The molecular formula is C57H32O3S3. The molecule has 0 radical (unpaired) electrons. The van der Waals surface area contributed by atoms with Gasteiger partial charge in [0.25, 0.3) is 0 Å². The molecule has 0 unspecified atom stereocenters. The Labute approximate surface area is 374 Å². The van der Waals surface area contributed by atoms with E-state index in [1.807, 2.05) is 40.9 Å². The zero-order valence-electron chi connectivity index (χ0n) is 33.5. The standard InChI is InChI=1S/C57H32O3S3/c1-2-14-33-30-49-36(27-32(33)13-1)31-50(62-49)55-54(39-19-12-26-48-57(39)63-47-25-10-9-24-46(47)61-48)53(38-18-11-23-44-51(38)37-17-5-8-22-43(37)59-44)52(45-29-35-16-4-6-20-41(35)58-45)40-28-34-15-3-7-21-42(34)60-56(40)55/h1-27,29-31H,28H2. The predicted octanol–water partition coefficient (Wildman–Crippen LogP) is 17.7. The number of ether oxygens (including phenoxy) is 1. The van der Waals surface area contributed by atoms with Gasteiger partial charge in [0.2, 0.25) is 0 Å². The van der Waals surface area contributed by atoms with E-state index in [1.54, 1.807) is 0 Å². The molecule has 0 saturated heterocycles. The Morgan fingerprint density at radius 1 is 0.444 bits per heavy atom. The molecule has 3 aromatic heterocycles. The fourth-order valence-corrected chi connectivity index (χ4v) is 13.4. The Kier molecular flexibility index (Phi) is 7.78. The Morgan fingerprint density at radius 2 is 1.13 bits per heavy atom. The topological polar surface area (TPSA) is 35.5 Å². The maximum absolute atomic E-state index is 7.40. The van der Waals surface area contributed by atoms with Crippen molar-refractivity contribution in [3.8, 4) is 55.5 Å². The molecule has 0 bridgehead atoms. The summed E-state index contributed by atoms with van der Waals surface area (Å²) in [6.07, 6.45) is 0.667. The van der Waals surface area contributed by atoms with Crippen LogP contribution in [0.2, 0.25) is 0 Å². The van der Waals surface area contributed by atoms with E-state index < -0.39 is 0 Å². The highest BCUT2D eigenvalue weighted by atomic mass is 32.2. The van der Waals surface area contributed by atoms with Gasteiger partial charge in [-0.05, 0) is 99.6 Å². The van der Waals surface area contributed by atoms with E-state index in [4.69, 9.17) is 13.6 Å². The number of rotatable bonds is 4. The summed E-state index contributed by atoms with van der Waals surface area (Å²) in [5, 5.41) is 6.88. The third-order valence-corrected chi connectivity index (χ3v) is 16.3. The molecule has 14 rings (SSSR count). The van der Waals surface area contributed by atoms with Crippen LogP contribution in [0.5, 0.6) is 11.5 Å².